The molecular formula is C22H19NO4. The summed E-state index contributed by atoms with van der Waals surface area (Å²) >= 11 is 0. The van der Waals surface area contributed by atoms with Crippen molar-refractivity contribution in [3.05, 3.63) is 70.9 Å². The van der Waals surface area contributed by atoms with E-state index in [9.17, 15) is 9.59 Å². The Morgan fingerprint density at radius 2 is 1.67 bits per heavy atom. The first-order valence-corrected chi connectivity index (χ1v) is 9.19. The van der Waals surface area contributed by atoms with E-state index >= 15 is 0 Å². The first kappa shape index (κ1) is 16.1. The van der Waals surface area contributed by atoms with E-state index in [1.54, 1.807) is 0 Å². The van der Waals surface area contributed by atoms with Gasteiger partial charge in [-0.05, 0) is 35.6 Å². The van der Waals surface area contributed by atoms with Crippen LogP contribution in [0, 0.1) is 0 Å². The van der Waals surface area contributed by atoms with Crippen LogP contribution in [-0.4, -0.2) is 18.5 Å². The van der Waals surface area contributed by atoms with E-state index in [0.717, 1.165) is 22.4 Å². The maximum atomic E-state index is 13.1. The van der Waals surface area contributed by atoms with Crippen LogP contribution in [0.25, 0.3) is 0 Å². The van der Waals surface area contributed by atoms with Gasteiger partial charge >= 0.3 is 0 Å². The topological polar surface area (TPSA) is 64.6 Å². The normalized spacial score (nSPS) is 23.9. The number of carbonyl (C=O) groups is 2. The zero-order valence-electron chi connectivity index (χ0n) is 14.7. The summed E-state index contributed by atoms with van der Waals surface area (Å²) in [6, 6.07) is 15.7. The monoisotopic (exact) mass is 361 g/mol. The third-order valence-corrected chi connectivity index (χ3v) is 5.61. The predicted molar refractivity (Wildman–Crippen MR) is 98.5 cm³/mol. The van der Waals surface area contributed by atoms with Gasteiger partial charge < -0.3 is 14.8 Å². The van der Waals surface area contributed by atoms with Gasteiger partial charge in [0.05, 0.1) is 0 Å². The standard InChI is InChI=1S/C22H19NO4/c24-18-9-15(13-4-2-1-3-5-13)8-17-22(18)16(11-21(25)23-17)14-6-7-19-20(10-14)27-12-26-19/h1-7,10,15-16H,8-9,11-12H2,(H,23,25)/t15-,16-/m1/s1. The summed E-state index contributed by atoms with van der Waals surface area (Å²) in [5.41, 5.74) is 3.59. The van der Waals surface area contributed by atoms with Gasteiger partial charge in [-0.15, -0.1) is 0 Å². The van der Waals surface area contributed by atoms with Crippen LogP contribution in [-0.2, 0) is 9.59 Å². The van der Waals surface area contributed by atoms with E-state index in [-0.39, 0.29) is 36.7 Å². The minimum Gasteiger partial charge on any atom is -0.454 e. The summed E-state index contributed by atoms with van der Waals surface area (Å²) in [6.07, 6.45) is 1.43. The minimum atomic E-state index is -0.229. The third kappa shape index (κ3) is 2.79. The van der Waals surface area contributed by atoms with Crippen molar-refractivity contribution in [3.8, 4) is 11.5 Å². The first-order chi connectivity index (χ1) is 13.2. The highest BCUT2D eigenvalue weighted by molar-refractivity contribution is 6.02. The van der Waals surface area contributed by atoms with E-state index in [0.29, 0.717) is 24.3 Å². The summed E-state index contributed by atoms with van der Waals surface area (Å²) in [5, 5.41) is 2.96. The summed E-state index contributed by atoms with van der Waals surface area (Å²) in [7, 11) is 0. The first-order valence-electron chi connectivity index (χ1n) is 9.19. The van der Waals surface area contributed by atoms with Crippen LogP contribution in [0.3, 0.4) is 0 Å². The van der Waals surface area contributed by atoms with Crippen LogP contribution in [0.15, 0.2) is 59.8 Å². The fourth-order valence-corrected chi connectivity index (χ4v) is 4.34. The van der Waals surface area contributed by atoms with E-state index < -0.39 is 0 Å². The number of amides is 1. The Kier molecular flexibility index (Phi) is 3.74. The van der Waals surface area contributed by atoms with Gasteiger partial charge in [0.15, 0.2) is 17.3 Å². The summed E-state index contributed by atoms with van der Waals surface area (Å²) in [6.45, 7) is 0.204. The summed E-state index contributed by atoms with van der Waals surface area (Å²) < 4.78 is 10.8. The van der Waals surface area contributed by atoms with E-state index in [1.807, 2.05) is 48.5 Å². The lowest BCUT2D eigenvalue weighted by Gasteiger charge is -2.34. The molecule has 5 heteroatoms. The second-order valence-corrected chi connectivity index (χ2v) is 7.25. The van der Waals surface area contributed by atoms with Crippen LogP contribution >= 0.6 is 0 Å². The van der Waals surface area contributed by atoms with Crippen molar-refractivity contribution >= 4 is 11.7 Å². The molecule has 0 aromatic heterocycles. The summed E-state index contributed by atoms with van der Waals surface area (Å²) in [4.78, 5) is 25.4. The Morgan fingerprint density at radius 3 is 2.52 bits per heavy atom. The molecule has 0 saturated carbocycles. The second kappa shape index (κ2) is 6.27. The van der Waals surface area contributed by atoms with Crippen molar-refractivity contribution in [2.24, 2.45) is 0 Å². The number of allylic oxidation sites excluding steroid dienone is 2. The minimum absolute atomic E-state index is 0.0436. The molecule has 5 nitrogen and oxygen atoms in total. The predicted octanol–water partition coefficient (Wildman–Crippen LogP) is 3.42. The molecule has 0 fully saturated rings. The number of Topliss-reactive ketones (excluding diaryl/α,β-unsaturated/α-hetero) is 1. The molecule has 1 amide bonds. The maximum absolute atomic E-state index is 13.1. The molecule has 1 aliphatic carbocycles. The van der Waals surface area contributed by atoms with Crippen molar-refractivity contribution in [1.29, 1.82) is 0 Å². The number of fused-ring (bicyclic) bond motifs is 1. The lowest BCUT2D eigenvalue weighted by atomic mass is 9.73. The van der Waals surface area contributed by atoms with Crippen LogP contribution < -0.4 is 14.8 Å². The number of carbonyl (C=O) groups excluding carboxylic acids is 2. The highest BCUT2D eigenvalue weighted by Crippen LogP contribution is 2.44. The molecular weight excluding hydrogens is 342 g/mol. The molecule has 1 N–H and O–H groups in total. The van der Waals surface area contributed by atoms with Gasteiger partial charge in [0.2, 0.25) is 12.7 Å². The second-order valence-electron chi connectivity index (χ2n) is 7.25. The molecule has 27 heavy (non-hydrogen) atoms. The number of ketones is 1. The number of ether oxygens (including phenoxy) is 2. The molecule has 2 atom stereocenters. The molecule has 0 unspecified atom stereocenters. The lowest BCUT2D eigenvalue weighted by molar-refractivity contribution is -0.122. The number of rotatable bonds is 2. The molecule has 0 bridgehead atoms. The third-order valence-electron chi connectivity index (χ3n) is 5.61. The van der Waals surface area contributed by atoms with Gasteiger partial charge in [-0.25, -0.2) is 0 Å². The Morgan fingerprint density at radius 1 is 0.852 bits per heavy atom. The average Bonchev–Trinajstić information content (AvgIpc) is 3.15. The number of nitrogens with one attached hydrogen (secondary N) is 1. The van der Waals surface area contributed by atoms with Crippen LogP contribution in [0.1, 0.15) is 42.2 Å². The van der Waals surface area contributed by atoms with Crippen LogP contribution in [0.2, 0.25) is 0 Å². The Bertz CT molecular complexity index is 964. The van der Waals surface area contributed by atoms with Gasteiger partial charge in [-0.3, -0.25) is 9.59 Å². The molecule has 0 radical (unpaired) electrons. The van der Waals surface area contributed by atoms with Gasteiger partial charge in [-0.1, -0.05) is 36.4 Å². The number of benzene rings is 2. The van der Waals surface area contributed by atoms with Crippen molar-refractivity contribution in [3.63, 3.8) is 0 Å². The van der Waals surface area contributed by atoms with Crippen molar-refractivity contribution < 1.29 is 19.1 Å². The fourth-order valence-electron chi connectivity index (χ4n) is 4.34. The van der Waals surface area contributed by atoms with Gasteiger partial charge in [-0.2, -0.15) is 0 Å². The molecule has 136 valence electrons. The molecule has 2 aromatic carbocycles. The molecule has 2 aliphatic heterocycles. The molecule has 2 heterocycles. The Hall–Kier alpha value is -3.08. The summed E-state index contributed by atoms with van der Waals surface area (Å²) in [5.74, 6) is 1.32. The molecule has 0 spiro atoms. The van der Waals surface area contributed by atoms with E-state index in [2.05, 4.69) is 5.32 Å². The lowest BCUT2D eigenvalue weighted by Crippen LogP contribution is -2.38. The average molecular weight is 361 g/mol. The van der Waals surface area contributed by atoms with Gasteiger partial charge in [0.1, 0.15) is 0 Å². The molecule has 3 aliphatic rings. The smallest absolute Gasteiger partial charge is 0.231 e. The van der Waals surface area contributed by atoms with Crippen LogP contribution in [0.5, 0.6) is 11.5 Å². The highest BCUT2D eigenvalue weighted by Gasteiger charge is 2.38. The number of hydrogen-bond donors (Lipinski definition) is 1. The SMILES string of the molecule is O=C1C[C@H](c2ccc3c(c2)OCO3)C2=C(C[C@@H](c3ccccc3)CC2=O)N1. The fraction of sp³-hybridized carbons (Fsp3) is 0.273. The van der Waals surface area contributed by atoms with Crippen molar-refractivity contribution in [2.45, 2.75) is 31.1 Å². The van der Waals surface area contributed by atoms with Gasteiger partial charge in [0, 0.05) is 30.0 Å². The molecule has 5 rings (SSSR count). The zero-order chi connectivity index (χ0) is 18.4. The Balaban J connectivity index is 1.52. The van der Waals surface area contributed by atoms with Crippen molar-refractivity contribution in [1.82, 2.24) is 5.32 Å². The van der Waals surface area contributed by atoms with Crippen LogP contribution in [0.4, 0.5) is 0 Å². The Labute approximate surface area is 157 Å². The zero-order valence-corrected chi connectivity index (χ0v) is 14.7. The van der Waals surface area contributed by atoms with E-state index in [4.69, 9.17) is 9.47 Å². The largest absolute Gasteiger partial charge is 0.454 e. The molecule has 0 saturated heterocycles. The quantitative estimate of drug-likeness (QED) is 0.890. The van der Waals surface area contributed by atoms with E-state index in [1.165, 1.54) is 0 Å². The van der Waals surface area contributed by atoms with Gasteiger partial charge in [0.25, 0.3) is 0 Å². The van der Waals surface area contributed by atoms with Crippen molar-refractivity contribution in [2.75, 3.05) is 6.79 Å². The highest BCUT2D eigenvalue weighted by atomic mass is 16.7. The number of hydrogen-bond acceptors (Lipinski definition) is 4. The molecule has 2 aromatic rings. The maximum Gasteiger partial charge on any atom is 0.231 e.